The Morgan fingerprint density at radius 2 is 1.74 bits per heavy atom. The van der Waals surface area contributed by atoms with Crippen molar-refractivity contribution in [3.05, 3.63) is 75.8 Å². The number of aromatic nitrogens is 3. The highest BCUT2D eigenvalue weighted by molar-refractivity contribution is 7.99. The largest absolute Gasteiger partial charge is 0.493 e. The van der Waals surface area contributed by atoms with Gasteiger partial charge in [-0.15, -0.1) is 0 Å². The van der Waals surface area contributed by atoms with Crippen LogP contribution in [-0.2, 0) is 0 Å². The number of nitrogens with zero attached hydrogens (tertiary/aromatic N) is 3. The van der Waals surface area contributed by atoms with E-state index in [0.717, 1.165) is 11.4 Å². The molecule has 2 aromatic heterocycles. The average molecular weight is 492 g/mol. The first-order valence-electron chi connectivity index (χ1n) is 11.4. The van der Waals surface area contributed by atoms with Gasteiger partial charge in [0.2, 0.25) is 0 Å². The summed E-state index contributed by atoms with van der Waals surface area (Å²) in [6.45, 7) is 8.18. The van der Waals surface area contributed by atoms with Crippen LogP contribution in [0.4, 0.5) is 0 Å². The summed E-state index contributed by atoms with van der Waals surface area (Å²) in [5.41, 5.74) is 3.66. The minimum absolute atomic E-state index is 0.00345. The summed E-state index contributed by atoms with van der Waals surface area (Å²) in [5, 5.41) is 0.936. The number of thioether (sulfide) groups is 1. The smallest absolute Gasteiger partial charge is 0.266 e. The number of hydrogen-bond acceptors (Lipinski definition) is 6. The summed E-state index contributed by atoms with van der Waals surface area (Å²) in [4.78, 5) is 31.5. The fourth-order valence-electron chi connectivity index (χ4n) is 4.46. The Bertz CT molecular complexity index is 1470. The number of Topliss-reactive ketones (excluding diaryl/α,β-unsaturated/α-hetero) is 1. The van der Waals surface area contributed by atoms with Crippen LogP contribution in [0, 0.1) is 13.8 Å². The van der Waals surface area contributed by atoms with E-state index in [4.69, 9.17) is 14.5 Å². The van der Waals surface area contributed by atoms with Gasteiger partial charge in [-0.05, 0) is 58.0 Å². The van der Waals surface area contributed by atoms with Crippen molar-refractivity contribution in [3.8, 4) is 17.2 Å². The fourth-order valence-corrected chi connectivity index (χ4v) is 5.36. The second-order valence-electron chi connectivity index (χ2n) is 8.55. The lowest BCUT2D eigenvalue weighted by molar-refractivity contribution is 0.102. The van der Waals surface area contributed by atoms with E-state index in [1.807, 2.05) is 32.0 Å². The number of rotatable bonds is 8. The molecule has 0 fully saturated rings. The minimum atomic E-state index is -0.212. The number of carbonyl (C=O) groups is 1. The summed E-state index contributed by atoms with van der Waals surface area (Å²) in [5.74, 6) is 1.21. The second-order valence-corrected chi connectivity index (χ2v) is 9.49. The number of methoxy groups -OCH3 is 2. The molecular weight excluding hydrogens is 462 g/mol. The van der Waals surface area contributed by atoms with Crippen molar-refractivity contribution in [2.75, 3.05) is 20.0 Å². The highest BCUT2D eigenvalue weighted by Gasteiger charge is 2.20. The van der Waals surface area contributed by atoms with Gasteiger partial charge in [0.05, 0.1) is 36.6 Å². The van der Waals surface area contributed by atoms with Gasteiger partial charge in [-0.25, -0.2) is 4.98 Å². The molecule has 0 saturated heterocycles. The Morgan fingerprint density at radius 3 is 2.40 bits per heavy atom. The molecule has 0 saturated carbocycles. The van der Waals surface area contributed by atoms with Crippen LogP contribution in [0.15, 0.2) is 58.5 Å². The standard InChI is InChI=1S/C27H29N3O4S/c1-16(2)29-17(3)13-21(18(29)4)23(31)15-35-27-28-22-10-8-7-9-20(22)26(32)30(27)19-11-12-24(33-5)25(14-19)34-6/h7-14,16H,15H2,1-6H3. The van der Waals surface area contributed by atoms with Crippen LogP contribution >= 0.6 is 11.8 Å². The zero-order valence-electron chi connectivity index (χ0n) is 20.8. The van der Waals surface area contributed by atoms with Crippen molar-refractivity contribution in [1.82, 2.24) is 14.1 Å². The Labute approximate surface area is 208 Å². The molecule has 2 aromatic carbocycles. The van der Waals surface area contributed by atoms with Gasteiger partial charge in [0.1, 0.15) is 0 Å². The number of hydrogen-bond donors (Lipinski definition) is 0. The summed E-state index contributed by atoms with van der Waals surface area (Å²) in [6, 6.07) is 14.7. The van der Waals surface area contributed by atoms with E-state index in [0.29, 0.717) is 38.8 Å². The first kappa shape index (κ1) is 24.6. The van der Waals surface area contributed by atoms with E-state index in [1.165, 1.54) is 16.3 Å². The molecule has 0 aliphatic rings. The molecule has 4 aromatic rings. The lowest BCUT2D eigenvalue weighted by Gasteiger charge is -2.15. The Hall–Kier alpha value is -3.52. The van der Waals surface area contributed by atoms with Crippen LogP contribution in [0.5, 0.6) is 11.5 Å². The van der Waals surface area contributed by atoms with E-state index in [1.54, 1.807) is 44.6 Å². The van der Waals surface area contributed by atoms with Crippen molar-refractivity contribution < 1.29 is 14.3 Å². The predicted octanol–water partition coefficient (Wildman–Crippen LogP) is 5.38. The minimum Gasteiger partial charge on any atom is -0.493 e. The van der Waals surface area contributed by atoms with Gasteiger partial charge in [0.15, 0.2) is 22.4 Å². The van der Waals surface area contributed by atoms with Crippen molar-refractivity contribution in [3.63, 3.8) is 0 Å². The molecule has 35 heavy (non-hydrogen) atoms. The number of benzene rings is 2. The monoisotopic (exact) mass is 491 g/mol. The molecule has 0 unspecified atom stereocenters. The molecule has 0 bridgehead atoms. The molecule has 0 aliphatic heterocycles. The van der Waals surface area contributed by atoms with E-state index in [9.17, 15) is 9.59 Å². The normalized spacial score (nSPS) is 11.3. The van der Waals surface area contributed by atoms with Gasteiger partial charge in [-0.2, -0.15) is 0 Å². The molecule has 8 heteroatoms. The van der Waals surface area contributed by atoms with Crippen molar-refractivity contribution in [2.24, 2.45) is 0 Å². The van der Waals surface area contributed by atoms with Crippen LogP contribution in [0.3, 0.4) is 0 Å². The van der Waals surface area contributed by atoms with Crippen LogP contribution in [0.1, 0.15) is 41.6 Å². The third kappa shape index (κ3) is 4.58. The zero-order valence-corrected chi connectivity index (χ0v) is 21.6. The Balaban J connectivity index is 1.77. The summed E-state index contributed by atoms with van der Waals surface area (Å²) in [6.07, 6.45) is 0. The molecule has 4 rings (SSSR count). The van der Waals surface area contributed by atoms with Gasteiger partial charge in [0, 0.05) is 29.1 Å². The van der Waals surface area contributed by atoms with Gasteiger partial charge < -0.3 is 14.0 Å². The topological polar surface area (TPSA) is 75.4 Å². The zero-order chi connectivity index (χ0) is 25.3. The summed E-state index contributed by atoms with van der Waals surface area (Å²) in [7, 11) is 3.11. The Kier molecular flexibility index (Phi) is 7.03. The van der Waals surface area contributed by atoms with E-state index in [-0.39, 0.29) is 23.1 Å². The van der Waals surface area contributed by atoms with Gasteiger partial charge in [0.25, 0.3) is 5.56 Å². The molecular formula is C27H29N3O4S. The third-order valence-corrected chi connectivity index (χ3v) is 6.94. The fraction of sp³-hybridized carbons (Fsp3) is 0.296. The maximum atomic E-state index is 13.5. The number of fused-ring (bicyclic) bond motifs is 1. The lowest BCUT2D eigenvalue weighted by atomic mass is 10.2. The van der Waals surface area contributed by atoms with Crippen LogP contribution in [0.2, 0.25) is 0 Å². The molecule has 182 valence electrons. The molecule has 0 radical (unpaired) electrons. The van der Waals surface area contributed by atoms with Crippen LogP contribution < -0.4 is 15.0 Å². The number of aryl methyl sites for hydroxylation is 1. The van der Waals surface area contributed by atoms with E-state index >= 15 is 0 Å². The highest BCUT2D eigenvalue weighted by atomic mass is 32.2. The second kappa shape index (κ2) is 10.00. The molecule has 0 N–H and O–H groups in total. The van der Waals surface area contributed by atoms with Gasteiger partial charge >= 0.3 is 0 Å². The SMILES string of the molecule is COc1ccc(-n2c(SCC(=O)c3cc(C)n(C(C)C)c3C)nc3ccccc3c2=O)cc1OC. The number of carbonyl (C=O) groups excluding carboxylic acids is 1. The van der Waals surface area contributed by atoms with Crippen LogP contribution in [-0.4, -0.2) is 39.9 Å². The van der Waals surface area contributed by atoms with Crippen LogP contribution in [0.25, 0.3) is 16.6 Å². The highest BCUT2D eigenvalue weighted by Crippen LogP contribution is 2.31. The first-order valence-corrected chi connectivity index (χ1v) is 12.3. The van der Waals surface area contributed by atoms with E-state index in [2.05, 4.69) is 18.4 Å². The molecule has 0 atom stereocenters. The predicted molar refractivity (Wildman–Crippen MR) is 140 cm³/mol. The molecule has 0 spiro atoms. The molecule has 2 heterocycles. The Morgan fingerprint density at radius 1 is 1.03 bits per heavy atom. The van der Waals surface area contributed by atoms with Crippen molar-refractivity contribution in [1.29, 1.82) is 0 Å². The maximum absolute atomic E-state index is 13.5. The number of ether oxygens (including phenoxy) is 2. The summed E-state index contributed by atoms with van der Waals surface area (Å²) >= 11 is 1.25. The van der Waals surface area contributed by atoms with E-state index < -0.39 is 0 Å². The van der Waals surface area contributed by atoms with Gasteiger partial charge in [-0.1, -0.05) is 23.9 Å². The van der Waals surface area contributed by atoms with Gasteiger partial charge in [-0.3, -0.25) is 14.2 Å². The lowest BCUT2D eigenvalue weighted by Crippen LogP contribution is -2.22. The molecule has 7 nitrogen and oxygen atoms in total. The average Bonchev–Trinajstić information content (AvgIpc) is 3.16. The first-order chi connectivity index (χ1) is 16.8. The third-order valence-electron chi connectivity index (χ3n) is 6.00. The number of para-hydroxylation sites is 1. The molecule has 0 aliphatic carbocycles. The maximum Gasteiger partial charge on any atom is 0.266 e. The quantitative estimate of drug-likeness (QED) is 0.187. The van der Waals surface area contributed by atoms with Crippen molar-refractivity contribution in [2.45, 2.75) is 38.9 Å². The summed E-state index contributed by atoms with van der Waals surface area (Å²) < 4.78 is 14.5. The molecule has 0 amide bonds. The van der Waals surface area contributed by atoms with Crippen molar-refractivity contribution >= 4 is 28.4 Å². The number of ketones is 1.